The number of pyridine rings is 1. The predicted octanol–water partition coefficient (Wildman–Crippen LogP) is 4.11. The van der Waals surface area contributed by atoms with Gasteiger partial charge in [0.25, 0.3) is 0 Å². The minimum absolute atomic E-state index is 0.311. The second-order valence-electron chi connectivity index (χ2n) is 4.12. The van der Waals surface area contributed by atoms with Gasteiger partial charge in [0.2, 0.25) is 0 Å². The highest BCUT2D eigenvalue weighted by molar-refractivity contribution is 5.91. The summed E-state index contributed by atoms with van der Waals surface area (Å²) in [5.74, 6) is 0. The first-order valence-electron chi connectivity index (χ1n) is 5.87. The van der Waals surface area contributed by atoms with E-state index in [-0.39, 0.29) is 0 Å². The molecular weight excluding hydrogens is 255 g/mol. The van der Waals surface area contributed by atoms with Crippen molar-refractivity contribution in [2.24, 2.45) is 0 Å². The van der Waals surface area contributed by atoms with Gasteiger partial charge in [-0.15, -0.1) is 6.54 Å². The van der Waals surface area contributed by atoms with Gasteiger partial charge in [0.1, 0.15) is 0 Å². The summed E-state index contributed by atoms with van der Waals surface area (Å²) in [4.78, 5) is 3.97. The van der Waals surface area contributed by atoms with Crippen LogP contribution in [0, 0.1) is 0 Å². The zero-order chi connectivity index (χ0) is 13.9. The third-order valence-electron chi connectivity index (χ3n) is 2.74. The summed E-state index contributed by atoms with van der Waals surface area (Å²) in [6.45, 7) is 0.928. The summed E-state index contributed by atoms with van der Waals surface area (Å²) in [5, 5.41) is 3.76. The SMILES string of the molecule is [NH-]CCCNc1ccnc2cc(C(F)(F)F)ccc12. The maximum absolute atomic E-state index is 12.6. The highest BCUT2D eigenvalue weighted by Crippen LogP contribution is 2.32. The van der Waals surface area contributed by atoms with Crippen LogP contribution < -0.4 is 5.32 Å². The summed E-state index contributed by atoms with van der Waals surface area (Å²) in [7, 11) is 0. The summed E-state index contributed by atoms with van der Waals surface area (Å²) in [6, 6.07) is 5.25. The van der Waals surface area contributed by atoms with Gasteiger partial charge < -0.3 is 11.1 Å². The van der Waals surface area contributed by atoms with Crippen molar-refractivity contribution in [3.63, 3.8) is 0 Å². The van der Waals surface area contributed by atoms with Gasteiger partial charge in [0, 0.05) is 23.8 Å². The van der Waals surface area contributed by atoms with Gasteiger partial charge in [-0.05, 0) is 18.2 Å². The molecule has 0 saturated heterocycles. The summed E-state index contributed by atoms with van der Waals surface area (Å²) >= 11 is 0. The van der Waals surface area contributed by atoms with E-state index >= 15 is 0 Å². The molecule has 1 aromatic carbocycles. The van der Waals surface area contributed by atoms with Crippen LogP contribution in [0.5, 0.6) is 0 Å². The standard InChI is InChI=1S/C13H13F3N3/c14-13(15,16)9-2-3-10-11(18-6-1-5-17)4-7-19-12(10)8-9/h2-4,7-8,17H,1,5-6H2,(H,18,19)/q-1. The quantitative estimate of drug-likeness (QED) is 0.848. The largest absolute Gasteiger partial charge is 0.677 e. The molecule has 0 atom stereocenters. The monoisotopic (exact) mass is 268 g/mol. The molecule has 0 amide bonds. The number of benzene rings is 1. The van der Waals surface area contributed by atoms with Crippen molar-refractivity contribution >= 4 is 16.6 Å². The van der Waals surface area contributed by atoms with Crippen LogP contribution in [0.1, 0.15) is 12.0 Å². The zero-order valence-corrected chi connectivity index (χ0v) is 10.1. The Morgan fingerprint density at radius 1 is 1.21 bits per heavy atom. The number of nitrogens with zero attached hydrogens (tertiary/aromatic N) is 1. The molecule has 0 aliphatic heterocycles. The molecule has 102 valence electrons. The number of rotatable bonds is 4. The molecule has 0 aliphatic carbocycles. The van der Waals surface area contributed by atoms with Gasteiger partial charge >= 0.3 is 6.18 Å². The minimum atomic E-state index is -4.36. The fourth-order valence-electron chi connectivity index (χ4n) is 1.79. The first-order valence-corrected chi connectivity index (χ1v) is 5.87. The van der Waals surface area contributed by atoms with Crippen molar-refractivity contribution in [1.82, 2.24) is 4.98 Å². The summed E-state index contributed by atoms with van der Waals surface area (Å²) < 4.78 is 37.8. The number of alkyl halides is 3. The van der Waals surface area contributed by atoms with Crippen molar-refractivity contribution in [1.29, 1.82) is 0 Å². The van der Waals surface area contributed by atoms with Crippen molar-refractivity contribution in [3.05, 3.63) is 41.8 Å². The molecule has 2 aromatic rings. The fourth-order valence-corrected chi connectivity index (χ4v) is 1.79. The van der Waals surface area contributed by atoms with E-state index in [4.69, 9.17) is 5.73 Å². The van der Waals surface area contributed by atoms with E-state index in [1.54, 1.807) is 6.07 Å². The topological polar surface area (TPSA) is 48.7 Å². The van der Waals surface area contributed by atoms with Gasteiger partial charge in [0.15, 0.2) is 0 Å². The maximum Gasteiger partial charge on any atom is 0.416 e. The zero-order valence-electron chi connectivity index (χ0n) is 10.1. The van der Waals surface area contributed by atoms with E-state index in [9.17, 15) is 13.2 Å². The summed E-state index contributed by atoms with van der Waals surface area (Å²) in [5.41, 5.74) is 7.41. The molecule has 0 unspecified atom stereocenters. The third-order valence-corrected chi connectivity index (χ3v) is 2.74. The molecule has 0 saturated carbocycles. The number of aromatic nitrogens is 1. The molecule has 0 fully saturated rings. The average molecular weight is 268 g/mol. The number of nitrogens with one attached hydrogen (secondary N) is 2. The third kappa shape index (κ3) is 3.14. The van der Waals surface area contributed by atoms with Crippen molar-refractivity contribution in [2.45, 2.75) is 12.6 Å². The Morgan fingerprint density at radius 3 is 2.68 bits per heavy atom. The fraction of sp³-hybridized carbons (Fsp3) is 0.308. The molecule has 1 heterocycles. The van der Waals surface area contributed by atoms with Crippen LogP contribution in [0.15, 0.2) is 30.5 Å². The van der Waals surface area contributed by atoms with Crippen molar-refractivity contribution in [2.75, 3.05) is 18.4 Å². The Hall–Kier alpha value is -1.82. The molecule has 2 N–H and O–H groups in total. The second kappa shape index (κ2) is 5.44. The Kier molecular flexibility index (Phi) is 3.90. The first-order chi connectivity index (χ1) is 9.02. The highest BCUT2D eigenvalue weighted by atomic mass is 19.4. The molecule has 6 heteroatoms. The Bertz CT molecular complexity index is 567. The van der Waals surface area contributed by atoms with Gasteiger partial charge in [-0.25, -0.2) is 0 Å². The lowest BCUT2D eigenvalue weighted by Gasteiger charge is -2.12. The number of fused-ring (bicyclic) bond motifs is 1. The maximum atomic E-state index is 12.6. The van der Waals surface area contributed by atoms with E-state index < -0.39 is 11.7 Å². The Balaban J connectivity index is 2.35. The average Bonchev–Trinajstić information content (AvgIpc) is 2.37. The van der Waals surface area contributed by atoms with E-state index in [0.717, 1.165) is 17.8 Å². The molecule has 0 radical (unpaired) electrons. The predicted molar refractivity (Wildman–Crippen MR) is 69.0 cm³/mol. The Labute approximate surface area is 108 Å². The first kappa shape index (κ1) is 13.6. The molecular formula is C13H13F3N3-. The molecule has 0 spiro atoms. The molecule has 1 aromatic heterocycles. The van der Waals surface area contributed by atoms with Crippen LogP contribution in [0.25, 0.3) is 16.6 Å². The molecule has 3 nitrogen and oxygen atoms in total. The van der Waals surface area contributed by atoms with Gasteiger partial charge in [-0.2, -0.15) is 13.2 Å². The second-order valence-corrected chi connectivity index (χ2v) is 4.12. The number of anilines is 1. The van der Waals surface area contributed by atoms with Crippen molar-refractivity contribution < 1.29 is 13.2 Å². The lowest BCUT2D eigenvalue weighted by atomic mass is 10.1. The molecule has 19 heavy (non-hydrogen) atoms. The van der Waals surface area contributed by atoms with E-state index in [0.29, 0.717) is 30.4 Å². The van der Waals surface area contributed by atoms with E-state index in [1.807, 2.05) is 0 Å². The lowest BCUT2D eigenvalue weighted by molar-refractivity contribution is -0.137. The van der Waals surface area contributed by atoms with Gasteiger partial charge in [0.05, 0.1) is 11.1 Å². The van der Waals surface area contributed by atoms with Gasteiger partial charge in [-0.1, -0.05) is 12.5 Å². The van der Waals surface area contributed by atoms with Crippen LogP contribution in [0.4, 0.5) is 18.9 Å². The summed E-state index contributed by atoms with van der Waals surface area (Å²) in [6.07, 6.45) is -2.19. The van der Waals surface area contributed by atoms with Crippen LogP contribution >= 0.6 is 0 Å². The van der Waals surface area contributed by atoms with E-state index in [1.165, 1.54) is 12.3 Å². The van der Waals surface area contributed by atoms with Gasteiger partial charge in [-0.3, -0.25) is 4.98 Å². The van der Waals surface area contributed by atoms with Crippen molar-refractivity contribution in [3.8, 4) is 0 Å². The lowest BCUT2D eigenvalue weighted by Crippen LogP contribution is -2.06. The normalized spacial score (nSPS) is 11.8. The Morgan fingerprint density at radius 2 is 2.00 bits per heavy atom. The highest BCUT2D eigenvalue weighted by Gasteiger charge is 2.30. The van der Waals surface area contributed by atoms with Crippen LogP contribution in [0.2, 0.25) is 0 Å². The molecule has 0 bridgehead atoms. The number of hydrogen-bond acceptors (Lipinski definition) is 2. The minimum Gasteiger partial charge on any atom is -0.677 e. The molecule has 2 rings (SSSR count). The van der Waals surface area contributed by atoms with Crippen LogP contribution in [0.3, 0.4) is 0 Å². The van der Waals surface area contributed by atoms with E-state index in [2.05, 4.69) is 10.3 Å². The number of hydrogen-bond donors (Lipinski definition) is 1. The van der Waals surface area contributed by atoms with Crippen LogP contribution in [-0.4, -0.2) is 18.1 Å². The molecule has 0 aliphatic rings. The van der Waals surface area contributed by atoms with Crippen LogP contribution in [-0.2, 0) is 6.18 Å². The smallest absolute Gasteiger partial charge is 0.416 e. The number of halogens is 3.